The number of hydrogen-bond donors (Lipinski definition) is 1. The zero-order valence-electron chi connectivity index (χ0n) is 4.94. The molecule has 2 nitrogen and oxygen atoms in total. The second-order valence-corrected chi connectivity index (χ2v) is 2.19. The predicted octanol–water partition coefficient (Wildman–Crippen LogP) is 1.34. The first-order valence-electron chi connectivity index (χ1n) is 2.55. The molecule has 3 heteroatoms. The fourth-order valence-electron chi connectivity index (χ4n) is 0.532. The molecule has 0 fully saturated rings. The average molecular weight is 144 g/mol. The maximum absolute atomic E-state index is 10.7. The van der Waals surface area contributed by atoms with E-state index in [9.17, 15) is 4.79 Å². The topological polar surface area (TPSA) is 32.9 Å². The van der Waals surface area contributed by atoms with E-state index >= 15 is 0 Å². The summed E-state index contributed by atoms with van der Waals surface area (Å²) in [6.07, 6.45) is 1.53. The number of rotatable bonds is 0. The summed E-state index contributed by atoms with van der Waals surface area (Å²) in [7, 11) is 0. The first-order chi connectivity index (χ1) is 4.22. The van der Waals surface area contributed by atoms with E-state index in [1.165, 1.54) is 6.20 Å². The van der Waals surface area contributed by atoms with E-state index in [0.29, 0.717) is 10.6 Å². The Kier molecular flexibility index (Phi) is 1.58. The van der Waals surface area contributed by atoms with Crippen LogP contribution in [-0.2, 0) is 0 Å². The first kappa shape index (κ1) is 6.36. The number of aromatic amines is 1. The highest BCUT2D eigenvalue weighted by Crippen LogP contribution is 2.06. The van der Waals surface area contributed by atoms with Crippen molar-refractivity contribution in [3.05, 3.63) is 33.2 Å². The monoisotopic (exact) mass is 143 g/mol. The van der Waals surface area contributed by atoms with Crippen LogP contribution in [0.1, 0.15) is 5.56 Å². The van der Waals surface area contributed by atoms with E-state index in [-0.39, 0.29) is 5.56 Å². The molecule has 9 heavy (non-hydrogen) atoms. The van der Waals surface area contributed by atoms with Gasteiger partial charge in [0.25, 0.3) is 5.56 Å². The van der Waals surface area contributed by atoms with Crippen LogP contribution in [0.2, 0.25) is 5.02 Å². The van der Waals surface area contributed by atoms with Crippen LogP contribution in [0, 0.1) is 6.92 Å². The van der Waals surface area contributed by atoms with Gasteiger partial charge in [0.05, 0.1) is 5.02 Å². The van der Waals surface area contributed by atoms with Gasteiger partial charge in [-0.05, 0) is 13.0 Å². The van der Waals surface area contributed by atoms with Crippen molar-refractivity contribution in [1.29, 1.82) is 0 Å². The lowest BCUT2D eigenvalue weighted by Gasteiger charge is -1.90. The van der Waals surface area contributed by atoms with Gasteiger partial charge in [0.2, 0.25) is 0 Å². The number of aromatic nitrogens is 1. The normalized spacial score (nSPS) is 9.56. The van der Waals surface area contributed by atoms with Crippen LogP contribution in [0.25, 0.3) is 0 Å². The molecule has 0 aliphatic heterocycles. The summed E-state index contributed by atoms with van der Waals surface area (Å²) in [6.45, 7) is 1.68. The summed E-state index contributed by atoms with van der Waals surface area (Å²) in [5.74, 6) is 0. The van der Waals surface area contributed by atoms with E-state index in [4.69, 9.17) is 11.6 Å². The number of H-pyrrole nitrogens is 1. The number of pyridine rings is 1. The van der Waals surface area contributed by atoms with Gasteiger partial charge in [-0.25, -0.2) is 0 Å². The maximum Gasteiger partial charge on any atom is 0.252 e. The van der Waals surface area contributed by atoms with Crippen molar-refractivity contribution in [1.82, 2.24) is 4.98 Å². The lowest BCUT2D eigenvalue weighted by atomic mass is 10.3. The molecule has 0 aliphatic rings. The molecule has 1 rings (SSSR count). The van der Waals surface area contributed by atoms with Crippen LogP contribution in [0.5, 0.6) is 0 Å². The van der Waals surface area contributed by atoms with Crippen LogP contribution >= 0.6 is 11.6 Å². The van der Waals surface area contributed by atoms with Crippen molar-refractivity contribution in [2.24, 2.45) is 0 Å². The zero-order valence-corrected chi connectivity index (χ0v) is 5.70. The Morgan fingerprint density at radius 2 is 2.33 bits per heavy atom. The van der Waals surface area contributed by atoms with Gasteiger partial charge in [-0.1, -0.05) is 11.6 Å². The molecule has 0 unspecified atom stereocenters. The fourth-order valence-corrected chi connectivity index (χ4v) is 0.681. The molecule has 48 valence electrons. The Morgan fingerprint density at radius 3 is 2.78 bits per heavy atom. The van der Waals surface area contributed by atoms with Gasteiger partial charge in [0, 0.05) is 11.8 Å². The standard InChI is InChI=1S/C6H6ClNO/c1-4-5(7)2-3-8-6(4)9/h2-3H,1H3,(H,8,9). The highest BCUT2D eigenvalue weighted by Gasteiger charge is 1.94. The minimum absolute atomic E-state index is 0.123. The van der Waals surface area contributed by atoms with Crippen molar-refractivity contribution < 1.29 is 0 Å². The average Bonchev–Trinajstić information content (AvgIpc) is 1.83. The molecule has 1 heterocycles. The third-order valence-electron chi connectivity index (χ3n) is 1.14. The first-order valence-corrected chi connectivity index (χ1v) is 2.93. The molecule has 0 radical (unpaired) electrons. The van der Waals surface area contributed by atoms with Crippen molar-refractivity contribution >= 4 is 11.6 Å². The zero-order chi connectivity index (χ0) is 6.85. The van der Waals surface area contributed by atoms with E-state index < -0.39 is 0 Å². The van der Waals surface area contributed by atoms with Crippen LogP contribution in [-0.4, -0.2) is 4.98 Å². The molecule has 0 bridgehead atoms. The molecule has 0 aromatic carbocycles. The summed E-state index contributed by atoms with van der Waals surface area (Å²) in [6, 6.07) is 1.65. The van der Waals surface area contributed by atoms with Gasteiger partial charge in [0.1, 0.15) is 0 Å². The molecule has 0 saturated carbocycles. The fraction of sp³-hybridized carbons (Fsp3) is 0.167. The second kappa shape index (κ2) is 2.23. The Morgan fingerprint density at radius 1 is 1.67 bits per heavy atom. The summed E-state index contributed by atoms with van der Waals surface area (Å²) in [4.78, 5) is 13.2. The molecular formula is C6H6ClNO. The summed E-state index contributed by atoms with van der Waals surface area (Å²) in [5.41, 5.74) is 0.446. The molecule has 0 saturated heterocycles. The molecule has 1 aromatic rings. The van der Waals surface area contributed by atoms with E-state index in [0.717, 1.165) is 0 Å². The van der Waals surface area contributed by atoms with E-state index in [1.54, 1.807) is 13.0 Å². The Labute approximate surface area is 57.5 Å². The van der Waals surface area contributed by atoms with Gasteiger partial charge >= 0.3 is 0 Å². The third kappa shape index (κ3) is 1.13. The Balaban J connectivity index is 3.43. The number of hydrogen-bond acceptors (Lipinski definition) is 1. The van der Waals surface area contributed by atoms with Gasteiger partial charge in [-0.3, -0.25) is 4.79 Å². The highest BCUT2D eigenvalue weighted by molar-refractivity contribution is 6.31. The summed E-state index contributed by atoms with van der Waals surface area (Å²) in [5, 5.41) is 0.513. The van der Waals surface area contributed by atoms with Crippen molar-refractivity contribution in [3.63, 3.8) is 0 Å². The Bertz CT molecular complexity index is 266. The highest BCUT2D eigenvalue weighted by atomic mass is 35.5. The largest absolute Gasteiger partial charge is 0.329 e. The molecule has 0 aliphatic carbocycles. The number of nitrogens with one attached hydrogen (secondary N) is 1. The van der Waals surface area contributed by atoms with Gasteiger partial charge in [0.15, 0.2) is 0 Å². The van der Waals surface area contributed by atoms with Crippen molar-refractivity contribution in [2.45, 2.75) is 6.92 Å². The molecule has 0 spiro atoms. The van der Waals surface area contributed by atoms with Gasteiger partial charge in [-0.15, -0.1) is 0 Å². The minimum Gasteiger partial charge on any atom is -0.329 e. The Hall–Kier alpha value is -0.760. The minimum atomic E-state index is -0.123. The second-order valence-electron chi connectivity index (χ2n) is 1.78. The third-order valence-corrected chi connectivity index (χ3v) is 1.55. The van der Waals surface area contributed by atoms with Crippen LogP contribution in [0.3, 0.4) is 0 Å². The lowest BCUT2D eigenvalue weighted by Crippen LogP contribution is -2.07. The quantitative estimate of drug-likeness (QED) is 0.584. The van der Waals surface area contributed by atoms with Crippen molar-refractivity contribution in [3.8, 4) is 0 Å². The van der Waals surface area contributed by atoms with Crippen LogP contribution < -0.4 is 5.56 Å². The molecular weight excluding hydrogens is 138 g/mol. The molecule has 0 atom stereocenters. The van der Waals surface area contributed by atoms with Gasteiger partial charge < -0.3 is 4.98 Å². The van der Waals surface area contributed by atoms with Gasteiger partial charge in [-0.2, -0.15) is 0 Å². The smallest absolute Gasteiger partial charge is 0.252 e. The molecule has 0 amide bonds. The van der Waals surface area contributed by atoms with Crippen molar-refractivity contribution in [2.75, 3.05) is 0 Å². The maximum atomic E-state index is 10.7. The predicted molar refractivity (Wildman–Crippen MR) is 36.8 cm³/mol. The van der Waals surface area contributed by atoms with E-state index in [2.05, 4.69) is 4.98 Å². The number of halogens is 1. The van der Waals surface area contributed by atoms with E-state index in [1.807, 2.05) is 0 Å². The summed E-state index contributed by atoms with van der Waals surface area (Å²) < 4.78 is 0. The summed E-state index contributed by atoms with van der Waals surface area (Å²) >= 11 is 5.59. The van der Waals surface area contributed by atoms with Crippen LogP contribution in [0.4, 0.5) is 0 Å². The molecule has 1 aromatic heterocycles. The SMILES string of the molecule is Cc1c(Cl)cc[nH]c1=O. The lowest BCUT2D eigenvalue weighted by molar-refractivity contribution is 1.18. The molecule has 1 N–H and O–H groups in total. The van der Waals surface area contributed by atoms with Crippen LogP contribution in [0.15, 0.2) is 17.1 Å².